The zero-order valence-electron chi connectivity index (χ0n) is 12.5. The molecule has 2 rings (SSSR count). The van der Waals surface area contributed by atoms with Crippen LogP contribution >= 0.6 is 0 Å². The maximum atomic E-state index is 11.3. The number of aryl methyl sites for hydroxylation is 1. The molecule has 1 amide bonds. The summed E-state index contributed by atoms with van der Waals surface area (Å²) >= 11 is 0. The Morgan fingerprint density at radius 1 is 1.27 bits per heavy atom. The van der Waals surface area contributed by atoms with E-state index in [-0.39, 0.29) is 5.91 Å². The SMILES string of the molecule is CC(=O)N[C@@H]1[C@@H](Oc2ccc(C)cc2)O[C@H](CO)[C@H](O)[C@@H]1O. The fourth-order valence-corrected chi connectivity index (χ4v) is 2.32. The van der Waals surface area contributed by atoms with E-state index in [1.54, 1.807) is 12.1 Å². The molecule has 4 N–H and O–H groups in total. The van der Waals surface area contributed by atoms with Gasteiger partial charge in [-0.3, -0.25) is 4.79 Å². The van der Waals surface area contributed by atoms with Crippen molar-refractivity contribution in [3.05, 3.63) is 29.8 Å². The molecule has 0 saturated carbocycles. The lowest BCUT2D eigenvalue weighted by Crippen LogP contribution is -2.65. The van der Waals surface area contributed by atoms with Gasteiger partial charge >= 0.3 is 0 Å². The molecule has 0 aliphatic carbocycles. The van der Waals surface area contributed by atoms with Gasteiger partial charge in [0.05, 0.1) is 6.61 Å². The lowest BCUT2D eigenvalue weighted by Gasteiger charge is -2.42. The summed E-state index contributed by atoms with van der Waals surface area (Å²) in [5.74, 6) is 0.103. The summed E-state index contributed by atoms with van der Waals surface area (Å²) in [4.78, 5) is 11.3. The number of ether oxygens (including phenoxy) is 2. The summed E-state index contributed by atoms with van der Waals surface area (Å²) in [5, 5.41) is 31.8. The first-order valence-electron chi connectivity index (χ1n) is 7.05. The van der Waals surface area contributed by atoms with Crippen LogP contribution in [0.1, 0.15) is 12.5 Å². The molecule has 122 valence electrons. The molecule has 1 aliphatic heterocycles. The second-order valence-corrected chi connectivity index (χ2v) is 5.36. The molecule has 1 heterocycles. The number of hydrogen-bond acceptors (Lipinski definition) is 6. The summed E-state index contributed by atoms with van der Waals surface area (Å²) in [6.45, 7) is 2.75. The summed E-state index contributed by atoms with van der Waals surface area (Å²) < 4.78 is 11.1. The zero-order chi connectivity index (χ0) is 16.3. The van der Waals surface area contributed by atoms with Crippen LogP contribution in [0.25, 0.3) is 0 Å². The lowest BCUT2D eigenvalue weighted by atomic mass is 9.97. The number of aliphatic hydroxyl groups excluding tert-OH is 3. The topological polar surface area (TPSA) is 108 Å². The van der Waals surface area contributed by atoms with Gasteiger partial charge in [0.1, 0.15) is 30.1 Å². The van der Waals surface area contributed by atoms with Crippen LogP contribution in [0, 0.1) is 6.92 Å². The molecule has 0 bridgehead atoms. The summed E-state index contributed by atoms with van der Waals surface area (Å²) in [5.41, 5.74) is 1.05. The molecule has 1 aromatic rings. The van der Waals surface area contributed by atoms with Crippen LogP contribution < -0.4 is 10.1 Å². The predicted octanol–water partition coefficient (Wildman–Crippen LogP) is -0.682. The molecule has 5 atom stereocenters. The van der Waals surface area contributed by atoms with E-state index >= 15 is 0 Å². The third-order valence-electron chi connectivity index (χ3n) is 3.52. The minimum absolute atomic E-state index is 0.389. The first-order valence-corrected chi connectivity index (χ1v) is 7.05. The van der Waals surface area contributed by atoms with Gasteiger partial charge in [0.25, 0.3) is 0 Å². The largest absolute Gasteiger partial charge is 0.463 e. The van der Waals surface area contributed by atoms with Crippen molar-refractivity contribution in [2.24, 2.45) is 0 Å². The van der Waals surface area contributed by atoms with Crippen LogP contribution in [-0.4, -0.2) is 58.5 Å². The van der Waals surface area contributed by atoms with Crippen LogP contribution in [0.15, 0.2) is 24.3 Å². The predicted molar refractivity (Wildman–Crippen MR) is 77.2 cm³/mol. The molecule has 7 nitrogen and oxygen atoms in total. The molecule has 1 saturated heterocycles. The number of carbonyl (C=O) groups excluding carboxylic acids is 1. The number of rotatable bonds is 4. The average Bonchev–Trinajstić information content (AvgIpc) is 2.48. The number of aliphatic hydroxyl groups is 3. The smallest absolute Gasteiger partial charge is 0.223 e. The Kier molecular flexibility index (Phi) is 5.36. The Bertz CT molecular complexity index is 505. The van der Waals surface area contributed by atoms with Gasteiger partial charge in [-0.05, 0) is 19.1 Å². The van der Waals surface area contributed by atoms with Crippen molar-refractivity contribution in [1.82, 2.24) is 5.32 Å². The van der Waals surface area contributed by atoms with Crippen LogP contribution in [0.2, 0.25) is 0 Å². The molecule has 7 heteroatoms. The van der Waals surface area contributed by atoms with E-state index in [9.17, 15) is 20.1 Å². The standard InChI is InChI=1S/C15H21NO6/c1-8-3-5-10(6-4-8)21-15-12(16-9(2)18)14(20)13(19)11(7-17)22-15/h3-6,11-15,17,19-20H,7H2,1-2H3,(H,16,18)/t11-,12+,13+,14-,15+/m1/s1. The van der Waals surface area contributed by atoms with Gasteiger partial charge in [0.15, 0.2) is 0 Å². The minimum Gasteiger partial charge on any atom is -0.463 e. The molecule has 0 spiro atoms. The highest BCUT2D eigenvalue weighted by Gasteiger charge is 2.46. The van der Waals surface area contributed by atoms with Crippen molar-refractivity contribution in [3.63, 3.8) is 0 Å². The maximum absolute atomic E-state index is 11.3. The highest BCUT2D eigenvalue weighted by atomic mass is 16.7. The van der Waals surface area contributed by atoms with Gasteiger partial charge < -0.3 is 30.1 Å². The first-order chi connectivity index (χ1) is 10.4. The van der Waals surface area contributed by atoms with Crippen molar-refractivity contribution in [1.29, 1.82) is 0 Å². The van der Waals surface area contributed by atoms with Crippen LogP contribution in [0.4, 0.5) is 0 Å². The fraction of sp³-hybridized carbons (Fsp3) is 0.533. The Morgan fingerprint density at radius 3 is 2.45 bits per heavy atom. The Hall–Kier alpha value is -1.67. The van der Waals surface area contributed by atoms with E-state index in [2.05, 4.69) is 5.32 Å². The van der Waals surface area contributed by atoms with E-state index in [1.165, 1.54) is 6.92 Å². The maximum Gasteiger partial charge on any atom is 0.223 e. The highest BCUT2D eigenvalue weighted by molar-refractivity contribution is 5.73. The molecule has 0 radical (unpaired) electrons. The molecule has 0 unspecified atom stereocenters. The molecular formula is C15H21NO6. The summed E-state index contributed by atoms with van der Waals surface area (Å²) in [7, 11) is 0. The van der Waals surface area contributed by atoms with Gasteiger partial charge in [-0.25, -0.2) is 0 Å². The van der Waals surface area contributed by atoms with E-state index in [0.717, 1.165) is 5.56 Å². The van der Waals surface area contributed by atoms with Crippen LogP contribution in [0.3, 0.4) is 0 Å². The van der Waals surface area contributed by atoms with E-state index < -0.39 is 37.3 Å². The molecular weight excluding hydrogens is 290 g/mol. The van der Waals surface area contributed by atoms with Crippen molar-refractivity contribution in [2.75, 3.05) is 6.61 Å². The fourth-order valence-electron chi connectivity index (χ4n) is 2.32. The summed E-state index contributed by atoms with van der Waals surface area (Å²) in [6, 6.07) is 6.21. The van der Waals surface area contributed by atoms with Crippen molar-refractivity contribution in [3.8, 4) is 5.75 Å². The second kappa shape index (κ2) is 7.06. The van der Waals surface area contributed by atoms with Crippen molar-refractivity contribution < 1.29 is 29.6 Å². The third kappa shape index (κ3) is 3.75. The quantitative estimate of drug-likeness (QED) is 0.587. The van der Waals surface area contributed by atoms with Crippen LogP contribution in [-0.2, 0) is 9.53 Å². The normalized spacial score (nSPS) is 31.6. The van der Waals surface area contributed by atoms with Gasteiger partial charge in [0, 0.05) is 6.92 Å². The number of benzene rings is 1. The number of hydrogen-bond donors (Lipinski definition) is 4. The zero-order valence-corrected chi connectivity index (χ0v) is 12.5. The second-order valence-electron chi connectivity index (χ2n) is 5.36. The Balaban J connectivity index is 2.18. The minimum atomic E-state index is -1.32. The molecule has 0 aromatic heterocycles. The lowest BCUT2D eigenvalue weighted by molar-refractivity contribution is -0.244. The summed E-state index contributed by atoms with van der Waals surface area (Å²) in [6.07, 6.45) is -4.65. The van der Waals surface area contributed by atoms with E-state index in [1.807, 2.05) is 19.1 Å². The van der Waals surface area contributed by atoms with Gasteiger partial charge in [-0.2, -0.15) is 0 Å². The van der Waals surface area contributed by atoms with E-state index in [0.29, 0.717) is 5.75 Å². The average molecular weight is 311 g/mol. The number of carbonyl (C=O) groups is 1. The molecule has 1 aliphatic rings. The molecule has 22 heavy (non-hydrogen) atoms. The Morgan fingerprint density at radius 2 is 1.91 bits per heavy atom. The number of nitrogens with one attached hydrogen (secondary N) is 1. The van der Waals surface area contributed by atoms with Gasteiger partial charge in [-0.15, -0.1) is 0 Å². The molecule has 1 aromatic carbocycles. The number of amides is 1. The van der Waals surface area contributed by atoms with Gasteiger partial charge in [0.2, 0.25) is 12.2 Å². The highest BCUT2D eigenvalue weighted by Crippen LogP contribution is 2.24. The Labute approximate surface area is 128 Å². The molecule has 1 fully saturated rings. The van der Waals surface area contributed by atoms with Crippen LogP contribution in [0.5, 0.6) is 5.75 Å². The monoisotopic (exact) mass is 311 g/mol. The van der Waals surface area contributed by atoms with E-state index in [4.69, 9.17) is 9.47 Å². The first kappa shape index (κ1) is 16.7. The third-order valence-corrected chi connectivity index (χ3v) is 3.52. The van der Waals surface area contributed by atoms with Crippen molar-refractivity contribution >= 4 is 5.91 Å². The van der Waals surface area contributed by atoms with Crippen molar-refractivity contribution in [2.45, 2.75) is 44.5 Å². The van der Waals surface area contributed by atoms with Gasteiger partial charge in [-0.1, -0.05) is 17.7 Å².